The molecule has 0 unspecified atom stereocenters. The third-order valence-electron chi connectivity index (χ3n) is 5.56. The van der Waals surface area contributed by atoms with Gasteiger partial charge in [-0.3, -0.25) is 9.59 Å². The average molecular weight is 445 g/mol. The molecule has 2 heterocycles. The van der Waals surface area contributed by atoms with Gasteiger partial charge >= 0.3 is 11.9 Å². The number of hydrogen-bond donors (Lipinski definition) is 0. The zero-order valence-corrected chi connectivity index (χ0v) is 20.0. The molecular weight excluding hydrogens is 404 g/mol. The minimum atomic E-state index is -0.473. The zero-order valence-electron chi connectivity index (χ0n) is 20.0. The van der Waals surface area contributed by atoms with Crippen molar-refractivity contribution in [2.24, 2.45) is 16.2 Å². The van der Waals surface area contributed by atoms with E-state index in [0.29, 0.717) is 39.3 Å². The molecule has 0 N–H and O–H groups in total. The van der Waals surface area contributed by atoms with Crippen LogP contribution in [-0.2, 0) is 38.0 Å². The molecular formula is C23H40O8. The van der Waals surface area contributed by atoms with Crippen molar-refractivity contribution < 1.29 is 38.0 Å². The highest BCUT2D eigenvalue weighted by Gasteiger charge is 2.48. The van der Waals surface area contributed by atoms with Crippen LogP contribution in [0.25, 0.3) is 0 Å². The van der Waals surface area contributed by atoms with Crippen LogP contribution in [0.2, 0.25) is 0 Å². The lowest BCUT2D eigenvalue weighted by Crippen LogP contribution is -2.57. The highest BCUT2D eigenvalue weighted by atomic mass is 16.7. The average Bonchev–Trinajstić information content (AvgIpc) is 2.72. The first-order valence-corrected chi connectivity index (χ1v) is 11.3. The lowest BCUT2D eigenvalue weighted by Gasteiger charge is -2.48. The van der Waals surface area contributed by atoms with Crippen molar-refractivity contribution in [3.05, 3.63) is 0 Å². The Kier molecular flexibility index (Phi) is 9.30. The Bertz CT molecular complexity index is 529. The lowest BCUT2D eigenvalue weighted by molar-refractivity contribution is -0.337. The van der Waals surface area contributed by atoms with Crippen molar-refractivity contribution in [3.63, 3.8) is 0 Å². The Labute approximate surface area is 186 Å². The maximum Gasteiger partial charge on any atom is 0.305 e. The second kappa shape index (κ2) is 11.1. The van der Waals surface area contributed by atoms with Crippen molar-refractivity contribution in [1.82, 2.24) is 0 Å². The van der Waals surface area contributed by atoms with E-state index < -0.39 is 23.4 Å². The van der Waals surface area contributed by atoms with Gasteiger partial charge in [0.05, 0.1) is 31.8 Å². The molecule has 0 amide bonds. The van der Waals surface area contributed by atoms with Gasteiger partial charge in [-0.1, -0.05) is 41.5 Å². The monoisotopic (exact) mass is 444 g/mol. The molecule has 0 saturated carbocycles. The Hall–Kier alpha value is -1.22. The van der Waals surface area contributed by atoms with Crippen molar-refractivity contribution in [2.75, 3.05) is 39.6 Å². The van der Waals surface area contributed by atoms with Crippen LogP contribution in [0, 0.1) is 16.2 Å². The van der Waals surface area contributed by atoms with Crippen LogP contribution >= 0.6 is 0 Å². The van der Waals surface area contributed by atoms with Crippen molar-refractivity contribution >= 4 is 11.9 Å². The number of ether oxygens (including phenoxy) is 6. The fourth-order valence-corrected chi connectivity index (χ4v) is 3.48. The summed E-state index contributed by atoms with van der Waals surface area (Å²) in [5.74, 6) is -0.406. The minimum absolute atomic E-state index is 0.203. The van der Waals surface area contributed by atoms with Gasteiger partial charge in [-0.2, -0.15) is 0 Å². The van der Waals surface area contributed by atoms with E-state index in [1.807, 2.05) is 41.5 Å². The molecule has 2 saturated heterocycles. The summed E-state index contributed by atoms with van der Waals surface area (Å²) < 4.78 is 34.8. The smallest absolute Gasteiger partial charge is 0.305 e. The highest BCUT2D eigenvalue weighted by Crippen LogP contribution is 2.38. The first-order valence-electron chi connectivity index (χ1n) is 11.3. The van der Waals surface area contributed by atoms with Gasteiger partial charge in [-0.05, 0) is 12.8 Å². The van der Waals surface area contributed by atoms with E-state index in [0.717, 1.165) is 12.8 Å². The van der Waals surface area contributed by atoms with Crippen molar-refractivity contribution in [3.8, 4) is 0 Å². The number of esters is 2. The predicted octanol–water partition coefficient (Wildman–Crippen LogP) is 3.46. The summed E-state index contributed by atoms with van der Waals surface area (Å²) in [6, 6.07) is 0. The third kappa shape index (κ3) is 7.41. The van der Waals surface area contributed by atoms with Gasteiger partial charge < -0.3 is 28.4 Å². The Morgan fingerprint density at radius 3 is 1.35 bits per heavy atom. The molecule has 2 fully saturated rings. The summed E-state index contributed by atoms with van der Waals surface area (Å²) in [4.78, 5) is 23.4. The molecule has 2 rings (SSSR count). The van der Waals surface area contributed by atoms with E-state index >= 15 is 0 Å². The second-order valence-electron chi connectivity index (χ2n) is 10.2. The molecule has 0 aromatic carbocycles. The second-order valence-corrected chi connectivity index (χ2v) is 10.2. The largest absolute Gasteiger partial charge is 0.465 e. The Morgan fingerprint density at radius 1 is 0.742 bits per heavy atom. The molecule has 0 bridgehead atoms. The van der Waals surface area contributed by atoms with Crippen LogP contribution in [0.5, 0.6) is 0 Å². The number of hydrogen-bond acceptors (Lipinski definition) is 8. The van der Waals surface area contributed by atoms with Gasteiger partial charge in [-0.15, -0.1) is 0 Å². The molecule has 0 radical (unpaired) electrons. The fraction of sp³-hybridized carbons (Fsp3) is 0.913. The minimum Gasteiger partial charge on any atom is -0.465 e. The molecule has 2 aliphatic heterocycles. The Balaban J connectivity index is 1.80. The topological polar surface area (TPSA) is 89.5 Å². The molecule has 180 valence electrons. The zero-order chi connectivity index (χ0) is 23.1. The van der Waals surface area contributed by atoms with Crippen molar-refractivity contribution in [1.29, 1.82) is 0 Å². The SMILES string of the molecule is CCCC(=O)OCC(C)(C)C1OCC2(CO1)COC(C(C)(C)COC(=O)CCC)OC2. The molecule has 1 spiro atoms. The predicted molar refractivity (Wildman–Crippen MR) is 113 cm³/mol. The Morgan fingerprint density at radius 2 is 1.06 bits per heavy atom. The first-order chi connectivity index (χ1) is 14.5. The summed E-state index contributed by atoms with van der Waals surface area (Å²) in [6.45, 7) is 13.9. The molecule has 2 aliphatic rings. The van der Waals surface area contributed by atoms with Gasteiger partial charge in [0.15, 0.2) is 12.6 Å². The quantitative estimate of drug-likeness (QED) is 0.473. The number of carbonyl (C=O) groups excluding carboxylic acids is 2. The fourth-order valence-electron chi connectivity index (χ4n) is 3.48. The lowest BCUT2D eigenvalue weighted by atomic mass is 9.86. The normalized spacial score (nSPS) is 27.2. The van der Waals surface area contributed by atoms with E-state index in [4.69, 9.17) is 28.4 Å². The molecule has 8 heteroatoms. The standard InChI is InChI=1S/C23H40O8/c1-7-9-17(24)26-11-21(3,4)19-28-13-23(14-29-19)15-30-20(31-16-23)22(5,6)12-27-18(25)10-8-2/h19-20H,7-16H2,1-6H3. The van der Waals surface area contributed by atoms with Gasteiger partial charge in [0.1, 0.15) is 13.2 Å². The summed E-state index contributed by atoms with van der Waals surface area (Å²) >= 11 is 0. The first kappa shape index (κ1) is 26.0. The molecule has 0 aromatic heterocycles. The van der Waals surface area contributed by atoms with Crippen LogP contribution in [-0.4, -0.2) is 64.2 Å². The van der Waals surface area contributed by atoms with Crippen LogP contribution < -0.4 is 0 Å². The summed E-state index contributed by atoms with van der Waals surface area (Å²) in [5.41, 5.74) is -1.31. The summed E-state index contributed by atoms with van der Waals surface area (Å²) in [5, 5.41) is 0. The molecule has 31 heavy (non-hydrogen) atoms. The van der Waals surface area contributed by atoms with Crippen LogP contribution in [0.1, 0.15) is 67.2 Å². The van der Waals surface area contributed by atoms with Gasteiger partial charge in [0, 0.05) is 23.7 Å². The van der Waals surface area contributed by atoms with Gasteiger partial charge in [0.25, 0.3) is 0 Å². The molecule has 0 aromatic rings. The maximum absolute atomic E-state index is 11.7. The van der Waals surface area contributed by atoms with E-state index in [2.05, 4.69) is 0 Å². The van der Waals surface area contributed by atoms with Gasteiger partial charge in [0.2, 0.25) is 0 Å². The highest BCUT2D eigenvalue weighted by molar-refractivity contribution is 5.69. The van der Waals surface area contributed by atoms with E-state index in [1.165, 1.54) is 0 Å². The molecule has 0 aliphatic carbocycles. The van der Waals surface area contributed by atoms with Gasteiger partial charge in [-0.25, -0.2) is 0 Å². The van der Waals surface area contributed by atoms with Crippen LogP contribution in [0.4, 0.5) is 0 Å². The van der Waals surface area contributed by atoms with Crippen LogP contribution in [0.3, 0.4) is 0 Å². The number of carbonyl (C=O) groups is 2. The summed E-state index contributed by atoms with van der Waals surface area (Å²) in [6.07, 6.45) is 1.40. The molecule has 8 nitrogen and oxygen atoms in total. The maximum atomic E-state index is 11.7. The van der Waals surface area contributed by atoms with E-state index in [9.17, 15) is 9.59 Å². The van der Waals surface area contributed by atoms with Crippen LogP contribution in [0.15, 0.2) is 0 Å². The summed E-state index contributed by atoms with van der Waals surface area (Å²) in [7, 11) is 0. The number of rotatable bonds is 10. The van der Waals surface area contributed by atoms with E-state index in [1.54, 1.807) is 0 Å². The molecule has 0 atom stereocenters. The van der Waals surface area contributed by atoms with E-state index in [-0.39, 0.29) is 30.6 Å². The third-order valence-corrected chi connectivity index (χ3v) is 5.56. The van der Waals surface area contributed by atoms with Crippen molar-refractivity contribution in [2.45, 2.75) is 79.8 Å².